The van der Waals surface area contributed by atoms with E-state index in [2.05, 4.69) is 135 Å². The normalized spacial score (nSPS) is 14.2. The number of hydrogen-bond acceptors (Lipinski definition) is 6. The second kappa shape index (κ2) is 42.2. The first-order valence-electron chi connectivity index (χ1n) is 22.7. The van der Waals surface area contributed by atoms with E-state index < -0.39 is 18.1 Å². The first-order chi connectivity index (χ1) is 29.6. The summed E-state index contributed by atoms with van der Waals surface area (Å²) in [6, 6.07) is -0.643. The van der Waals surface area contributed by atoms with Crippen LogP contribution in [-0.2, 0) is 28.6 Å². The molecular weight excluding hydrogens is 763 g/mol. The van der Waals surface area contributed by atoms with Gasteiger partial charge in [0.1, 0.15) is 6.61 Å². The maximum atomic E-state index is 12.7. The van der Waals surface area contributed by atoms with Crippen molar-refractivity contribution in [3.63, 3.8) is 0 Å². The van der Waals surface area contributed by atoms with Crippen LogP contribution in [0.2, 0.25) is 0 Å². The highest BCUT2D eigenvalue weighted by atomic mass is 16.6. The second-order valence-corrected chi connectivity index (χ2v) is 15.5. The molecular formula is C53H82NO7+. The summed E-state index contributed by atoms with van der Waals surface area (Å²) >= 11 is 0. The first kappa shape index (κ1) is 56.5. The Bertz CT molecular complexity index is 1450. The number of hydrogen-bond donors (Lipinski definition) is 1. The Balaban J connectivity index is 4.55. The molecule has 0 aliphatic carbocycles. The molecule has 2 unspecified atom stereocenters. The van der Waals surface area contributed by atoms with Crippen LogP contribution >= 0.6 is 0 Å². The number of aliphatic carboxylic acids is 1. The molecule has 0 spiro atoms. The van der Waals surface area contributed by atoms with E-state index in [4.69, 9.17) is 14.2 Å². The van der Waals surface area contributed by atoms with Gasteiger partial charge in [-0.05, 0) is 96.3 Å². The number of ether oxygens (including phenoxy) is 3. The number of nitrogens with zero attached hydrogens (tertiary/aromatic N) is 1. The van der Waals surface area contributed by atoms with E-state index in [1.165, 1.54) is 0 Å². The molecule has 8 nitrogen and oxygen atoms in total. The zero-order chi connectivity index (χ0) is 44.9. The molecule has 0 aromatic rings. The van der Waals surface area contributed by atoms with Crippen LogP contribution in [0.15, 0.2) is 134 Å². The number of carboxylic acid groups (broad SMARTS) is 1. The van der Waals surface area contributed by atoms with Gasteiger partial charge in [-0.25, -0.2) is 4.79 Å². The molecule has 0 saturated carbocycles. The highest BCUT2D eigenvalue weighted by Gasteiger charge is 2.31. The van der Waals surface area contributed by atoms with Crippen molar-refractivity contribution >= 4 is 17.9 Å². The Hall–Kier alpha value is -4.53. The van der Waals surface area contributed by atoms with Crippen LogP contribution in [0.1, 0.15) is 129 Å². The van der Waals surface area contributed by atoms with E-state index in [-0.39, 0.29) is 49.1 Å². The SMILES string of the molecule is CC/C=C/C/C=C/C/C=C/C/C=C/C/C=C/C/C=C/CCCCC(=O)OC(COCCC(C(=O)O)[N+](C)(C)C)COC(=O)CC/C=C/C/C=C/C/C=C/C/C=C/C/C=C/CC. The number of quaternary nitrogens is 1. The van der Waals surface area contributed by atoms with E-state index in [0.717, 1.165) is 83.5 Å². The van der Waals surface area contributed by atoms with Crippen molar-refractivity contribution < 1.29 is 38.2 Å². The number of likely N-dealkylation sites (N-methyl/N-ethyl adjacent to an activating group) is 1. The fourth-order valence-electron chi connectivity index (χ4n) is 5.61. The van der Waals surface area contributed by atoms with Gasteiger partial charge in [-0.2, -0.15) is 0 Å². The van der Waals surface area contributed by atoms with E-state index in [9.17, 15) is 19.5 Å². The molecule has 0 aliphatic heterocycles. The summed E-state index contributed by atoms with van der Waals surface area (Å²) in [6.07, 6.45) is 60.9. The lowest BCUT2D eigenvalue weighted by Gasteiger charge is -2.31. The lowest BCUT2D eigenvalue weighted by molar-refractivity contribution is -0.887. The summed E-state index contributed by atoms with van der Waals surface area (Å²) in [4.78, 5) is 37.0. The first-order valence-corrected chi connectivity index (χ1v) is 22.7. The number of rotatable bonds is 38. The third-order valence-electron chi connectivity index (χ3n) is 9.06. The number of carbonyl (C=O) groups excluding carboxylic acids is 2. The highest BCUT2D eigenvalue weighted by Crippen LogP contribution is 2.11. The van der Waals surface area contributed by atoms with Gasteiger partial charge >= 0.3 is 17.9 Å². The van der Waals surface area contributed by atoms with E-state index in [1.807, 2.05) is 33.3 Å². The Kier molecular flexibility index (Phi) is 39.0. The Morgan fingerprint density at radius 1 is 0.492 bits per heavy atom. The van der Waals surface area contributed by atoms with Gasteiger partial charge in [0, 0.05) is 19.3 Å². The van der Waals surface area contributed by atoms with Crippen LogP contribution in [0.3, 0.4) is 0 Å². The maximum absolute atomic E-state index is 12.7. The average molecular weight is 845 g/mol. The minimum atomic E-state index is -0.899. The maximum Gasteiger partial charge on any atom is 0.362 e. The van der Waals surface area contributed by atoms with Gasteiger partial charge in [0.25, 0.3) is 0 Å². The lowest BCUT2D eigenvalue weighted by atomic mass is 10.1. The molecule has 0 aromatic heterocycles. The molecule has 0 bridgehead atoms. The Morgan fingerprint density at radius 3 is 1.28 bits per heavy atom. The van der Waals surface area contributed by atoms with Crippen LogP contribution in [0.25, 0.3) is 0 Å². The summed E-state index contributed by atoms with van der Waals surface area (Å²) < 4.78 is 17.1. The molecule has 0 amide bonds. The topological polar surface area (TPSA) is 99.1 Å². The molecule has 0 fully saturated rings. The monoisotopic (exact) mass is 845 g/mol. The van der Waals surface area contributed by atoms with Crippen LogP contribution in [0, 0.1) is 0 Å². The highest BCUT2D eigenvalue weighted by molar-refractivity contribution is 5.72. The number of carboxylic acids is 1. The van der Waals surface area contributed by atoms with E-state index in [1.54, 1.807) is 0 Å². The summed E-state index contributed by atoms with van der Waals surface area (Å²) in [6.45, 7) is 4.34. The van der Waals surface area contributed by atoms with Crippen LogP contribution in [0.4, 0.5) is 0 Å². The van der Waals surface area contributed by atoms with Crippen molar-refractivity contribution in [2.75, 3.05) is 41.0 Å². The molecule has 2 atom stereocenters. The molecule has 0 saturated heterocycles. The Morgan fingerprint density at radius 2 is 0.885 bits per heavy atom. The summed E-state index contributed by atoms with van der Waals surface area (Å²) in [5.41, 5.74) is 0. The van der Waals surface area contributed by atoms with Crippen LogP contribution in [-0.4, -0.2) is 80.6 Å². The average Bonchev–Trinajstić information content (AvgIpc) is 3.22. The minimum absolute atomic E-state index is 0.00973. The Labute approximate surface area is 371 Å². The quantitative estimate of drug-likeness (QED) is 0.0286. The van der Waals surface area contributed by atoms with Gasteiger partial charge in [0.15, 0.2) is 12.1 Å². The molecule has 61 heavy (non-hydrogen) atoms. The summed E-state index contributed by atoms with van der Waals surface area (Å²) in [5.74, 6) is -1.65. The molecule has 0 aromatic carbocycles. The predicted molar refractivity (Wildman–Crippen MR) is 256 cm³/mol. The molecule has 0 heterocycles. The lowest BCUT2D eigenvalue weighted by Crippen LogP contribution is -2.50. The van der Waals surface area contributed by atoms with Crippen LogP contribution in [0.5, 0.6) is 0 Å². The zero-order valence-corrected chi connectivity index (χ0v) is 38.5. The summed E-state index contributed by atoms with van der Waals surface area (Å²) in [7, 11) is 5.47. The number of carbonyl (C=O) groups is 3. The molecule has 0 rings (SSSR count). The number of allylic oxidation sites excluding steroid dienone is 22. The fraction of sp³-hybridized carbons (Fsp3) is 0.528. The van der Waals surface area contributed by atoms with Crippen molar-refractivity contribution in [1.29, 1.82) is 0 Å². The predicted octanol–water partition coefficient (Wildman–Crippen LogP) is 12.8. The third kappa shape index (κ3) is 40.6. The van der Waals surface area contributed by atoms with Crippen molar-refractivity contribution in [1.82, 2.24) is 0 Å². The van der Waals surface area contributed by atoms with Crippen molar-refractivity contribution in [2.24, 2.45) is 0 Å². The van der Waals surface area contributed by atoms with Crippen molar-refractivity contribution in [3.05, 3.63) is 134 Å². The molecule has 340 valence electrons. The smallest absolute Gasteiger partial charge is 0.362 e. The molecule has 1 N–H and O–H groups in total. The summed E-state index contributed by atoms with van der Waals surface area (Å²) in [5, 5.41) is 9.63. The van der Waals surface area contributed by atoms with Gasteiger partial charge in [-0.15, -0.1) is 0 Å². The van der Waals surface area contributed by atoms with Gasteiger partial charge in [0.2, 0.25) is 0 Å². The molecule has 8 heteroatoms. The van der Waals surface area contributed by atoms with Crippen LogP contribution < -0.4 is 0 Å². The second-order valence-electron chi connectivity index (χ2n) is 15.5. The standard InChI is InChI=1S/C53H81NO7/c1-6-8-10-12-14-16-18-20-22-24-25-26-27-28-30-32-34-36-38-40-42-44-52(56)61-49(47-59-46-45-50(53(57)58)54(3,4)5)48-60-51(55)43-41-39-37-35-33-31-29-23-21-19-17-15-13-11-9-7-2/h8-11,14-17,20-23,25-26,28,30-31,33-34,36-37,39,49-50H,6-7,12-13,18-19,24,27,29,32,35,38,40-48H2,1-5H3/p+1/b10-8+,11-9+,16-14+,17-15+,22-20+,23-21+,26-25+,30-28+,33-31+,36-34+,39-37+. The third-order valence-corrected chi connectivity index (χ3v) is 9.06. The van der Waals surface area contributed by atoms with Crippen molar-refractivity contribution in [2.45, 2.75) is 142 Å². The fourth-order valence-corrected chi connectivity index (χ4v) is 5.61. The van der Waals surface area contributed by atoms with Gasteiger partial charge < -0.3 is 23.8 Å². The number of unbranched alkanes of at least 4 members (excludes halogenated alkanes) is 2. The zero-order valence-electron chi connectivity index (χ0n) is 38.5. The molecule has 0 radical (unpaired) electrons. The largest absolute Gasteiger partial charge is 0.477 e. The van der Waals surface area contributed by atoms with Gasteiger partial charge in [-0.1, -0.05) is 148 Å². The van der Waals surface area contributed by atoms with Gasteiger partial charge in [0.05, 0.1) is 34.4 Å². The van der Waals surface area contributed by atoms with Crippen molar-refractivity contribution in [3.8, 4) is 0 Å². The number of esters is 2. The van der Waals surface area contributed by atoms with Gasteiger partial charge in [-0.3, -0.25) is 9.59 Å². The van der Waals surface area contributed by atoms with E-state index >= 15 is 0 Å². The minimum Gasteiger partial charge on any atom is -0.477 e. The van der Waals surface area contributed by atoms with E-state index in [0.29, 0.717) is 19.3 Å². The molecule has 0 aliphatic rings.